The average molecular weight is 412 g/mol. The fraction of sp³-hybridized carbons (Fsp3) is 0.0952. The molecule has 2 aromatic carbocycles. The van der Waals surface area contributed by atoms with Crippen molar-refractivity contribution in [3.63, 3.8) is 0 Å². The molecule has 28 heavy (non-hydrogen) atoms. The summed E-state index contributed by atoms with van der Waals surface area (Å²) in [6.07, 6.45) is 4.69. The van der Waals surface area contributed by atoms with Crippen LogP contribution in [0.4, 0.5) is 0 Å². The van der Waals surface area contributed by atoms with Crippen molar-refractivity contribution in [2.45, 2.75) is 4.90 Å². The van der Waals surface area contributed by atoms with Crippen molar-refractivity contribution < 1.29 is 9.53 Å². The van der Waals surface area contributed by atoms with Crippen molar-refractivity contribution in [3.8, 4) is 5.75 Å². The van der Waals surface area contributed by atoms with Gasteiger partial charge in [0.1, 0.15) is 5.75 Å². The molecule has 1 heterocycles. The minimum atomic E-state index is -0.295. The number of rotatable bonds is 8. The number of aromatic nitrogens is 1. The molecule has 0 fully saturated rings. The van der Waals surface area contributed by atoms with Crippen LogP contribution in [0.1, 0.15) is 15.9 Å². The minimum Gasteiger partial charge on any atom is -0.492 e. The fourth-order valence-corrected chi connectivity index (χ4v) is 3.15. The molecular formula is C21H18ClN3O2S. The first-order valence-corrected chi connectivity index (χ1v) is 9.92. The Bertz CT molecular complexity index is 934. The van der Waals surface area contributed by atoms with Gasteiger partial charge in [-0.25, -0.2) is 5.43 Å². The number of amides is 1. The highest BCUT2D eigenvalue weighted by Gasteiger charge is 2.04. The van der Waals surface area contributed by atoms with Crippen LogP contribution in [0.3, 0.4) is 0 Å². The summed E-state index contributed by atoms with van der Waals surface area (Å²) >= 11 is 7.59. The number of nitrogens with one attached hydrogen (secondary N) is 1. The molecule has 0 spiro atoms. The van der Waals surface area contributed by atoms with Crippen molar-refractivity contribution in [3.05, 3.63) is 89.2 Å². The molecule has 3 rings (SSSR count). The molecule has 0 aliphatic heterocycles. The monoisotopic (exact) mass is 411 g/mol. The second-order valence-electron chi connectivity index (χ2n) is 5.62. The molecule has 1 aromatic heterocycles. The third-order valence-corrected chi connectivity index (χ3v) is 4.88. The highest BCUT2D eigenvalue weighted by atomic mass is 35.5. The van der Waals surface area contributed by atoms with Gasteiger partial charge in [0, 0.05) is 39.2 Å². The second kappa shape index (κ2) is 10.5. The Morgan fingerprint density at radius 3 is 2.64 bits per heavy atom. The van der Waals surface area contributed by atoms with Crippen molar-refractivity contribution >= 4 is 35.5 Å². The zero-order valence-electron chi connectivity index (χ0n) is 14.9. The summed E-state index contributed by atoms with van der Waals surface area (Å²) in [4.78, 5) is 17.0. The predicted molar refractivity (Wildman–Crippen MR) is 113 cm³/mol. The number of ether oxygens (including phenoxy) is 1. The van der Waals surface area contributed by atoms with E-state index in [0.29, 0.717) is 17.9 Å². The molecule has 7 heteroatoms. The van der Waals surface area contributed by atoms with E-state index in [2.05, 4.69) is 15.5 Å². The first-order chi connectivity index (χ1) is 13.7. The minimum absolute atomic E-state index is 0.295. The number of hydrazone groups is 1. The molecule has 1 amide bonds. The maximum absolute atomic E-state index is 12.0. The molecule has 5 nitrogen and oxygen atoms in total. The SMILES string of the molecule is O=C(NN=Cc1ccccc1OCCSc1ccc(Cl)cc1)c1ccncc1. The largest absolute Gasteiger partial charge is 0.492 e. The Kier molecular flexibility index (Phi) is 7.46. The smallest absolute Gasteiger partial charge is 0.271 e. The average Bonchev–Trinajstić information content (AvgIpc) is 2.74. The van der Waals surface area contributed by atoms with Crippen LogP contribution in [0.5, 0.6) is 5.75 Å². The summed E-state index contributed by atoms with van der Waals surface area (Å²) < 4.78 is 5.87. The third kappa shape index (κ3) is 6.11. The van der Waals surface area contributed by atoms with Gasteiger partial charge in [0.25, 0.3) is 5.91 Å². The second-order valence-corrected chi connectivity index (χ2v) is 7.23. The third-order valence-electron chi connectivity index (χ3n) is 3.65. The molecule has 0 atom stereocenters. The van der Waals surface area contributed by atoms with Crippen molar-refractivity contribution in [2.75, 3.05) is 12.4 Å². The predicted octanol–water partition coefficient (Wildman–Crippen LogP) is 4.67. The first-order valence-electron chi connectivity index (χ1n) is 8.56. The van der Waals surface area contributed by atoms with E-state index in [1.807, 2.05) is 48.5 Å². The molecule has 142 valence electrons. The van der Waals surface area contributed by atoms with E-state index in [1.54, 1.807) is 42.5 Å². The molecule has 3 aromatic rings. The van der Waals surface area contributed by atoms with Crippen LogP contribution >= 0.6 is 23.4 Å². The molecule has 0 unspecified atom stereocenters. The van der Waals surface area contributed by atoms with Crippen LogP contribution in [0, 0.1) is 0 Å². The van der Waals surface area contributed by atoms with Crippen LogP contribution in [-0.4, -0.2) is 29.5 Å². The summed E-state index contributed by atoms with van der Waals surface area (Å²) in [7, 11) is 0. The zero-order chi connectivity index (χ0) is 19.6. The standard InChI is InChI=1S/C21H18ClN3O2S/c22-18-5-7-19(8-6-18)28-14-13-27-20-4-2-1-3-17(20)15-24-25-21(26)16-9-11-23-12-10-16/h1-12,15H,13-14H2,(H,25,26). The quantitative estimate of drug-likeness (QED) is 0.253. The molecule has 0 aliphatic rings. The van der Waals surface area contributed by atoms with E-state index in [4.69, 9.17) is 16.3 Å². The molecule has 0 radical (unpaired) electrons. The number of pyridine rings is 1. The Morgan fingerprint density at radius 2 is 1.86 bits per heavy atom. The van der Waals surface area contributed by atoms with E-state index in [1.165, 1.54) is 0 Å². The van der Waals surface area contributed by atoms with E-state index < -0.39 is 0 Å². The topological polar surface area (TPSA) is 63.6 Å². The van der Waals surface area contributed by atoms with Crippen molar-refractivity contribution in [1.29, 1.82) is 0 Å². The highest BCUT2D eigenvalue weighted by molar-refractivity contribution is 7.99. The molecular weight excluding hydrogens is 394 g/mol. The Morgan fingerprint density at radius 1 is 1.11 bits per heavy atom. The summed E-state index contributed by atoms with van der Waals surface area (Å²) in [5, 5.41) is 4.75. The van der Waals surface area contributed by atoms with Gasteiger partial charge in [0.2, 0.25) is 0 Å². The summed E-state index contributed by atoms with van der Waals surface area (Å²) in [5.41, 5.74) is 3.78. The summed E-state index contributed by atoms with van der Waals surface area (Å²) in [6, 6.07) is 18.5. The van der Waals surface area contributed by atoms with Gasteiger partial charge in [-0.1, -0.05) is 23.7 Å². The molecule has 0 bridgehead atoms. The number of benzene rings is 2. The summed E-state index contributed by atoms with van der Waals surface area (Å²) in [6.45, 7) is 0.543. The normalized spacial score (nSPS) is 10.8. The number of hydrogen-bond donors (Lipinski definition) is 1. The van der Waals surface area contributed by atoms with Gasteiger partial charge in [-0.15, -0.1) is 11.8 Å². The van der Waals surface area contributed by atoms with Crippen molar-refractivity contribution in [2.24, 2.45) is 5.10 Å². The number of carbonyl (C=O) groups is 1. The van der Waals surface area contributed by atoms with E-state index in [9.17, 15) is 4.79 Å². The molecule has 1 N–H and O–H groups in total. The van der Waals surface area contributed by atoms with Gasteiger partial charge in [-0.3, -0.25) is 9.78 Å². The van der Waals surface area contributed by atoms with Crippen LogP contribution in [0.2, 0.25) is 5.02 Å². The maximum atomic E-state index is 12.0. The number of para-hydroxylation sites is 1. The van der Waals surface area contributed by atoms with Gasteiger partial charge in [-0.2, -0.15) is 5.10 Å². The fourth-order valence-electron chi connectivity index (χ4n) is 2.29. The van der Waals surface area contributed by atoms with Gasteiger partial charge < -0.3 is 4.74 Å². The molecule has 0 aliphatic carbocycles. The van der Waals surface area contributed by atoms with Crippen LogP contribution < -0.4 is 10.2 Å². The van der Waals surface area contributed by atoms with Crippen LogP contribution in [-0.2, 0) is 0 Å². The lowest BCUT2D eigenvalue weighted by Gasteiger charge is -2.09. The molecule has 0 saturated carbocycles. The lowest BCUT2D eigenvalue weighted by molar-refractivity contribution is 0.0955. The van der Waals surface area contributed by atoms with Crippen LogP contribution in [0.25, 0.3) is 0 Å². The number of thioether (sulfide) groups is 1. The number of carbonyl (C=O) groups excluding carboxylic acids is 1. The maximum Gasteiger partial charge on any atom is 0.271 e. The number of halogens is 1. The van der Waals surface area contributed by atoms with Gasteiger partial charge >= 0.3 is 0 Å². The van der Waals surface area contributed by atoms with E-state index in [-0.39, 0.29) is 5.91 Å². The first kappa shape index (κ1) is 19.9. The van der Waals surface area contributed by atoms with Crippen LogP contribution in [0.15, 0.2) is 83.1 Å². The van der Waals surface area contributed by atoms with Gasteiger partial charge in [0.15, 0.2) is 0 Å². The van der Waals surface area contributed by atoms with Crippen molar-refractivity contribution in [1.82, 2.24) is 10.4 Å². The Hall–Kier alpha value is -2.83. The zero-order valence-corrected chi connectivity index (χ0v) is 16.5. The van der Waals surface area contributed by atoms with E-state index >= 15 is 0 Å². The summed E-state index contributed by atoms with van der Waals surface area (Å²) in [5.74, 6) is 1.21. The number of hydrogen-bond acceptors (Lipinski definition) is 5. The number of nitrogens with zero attached hydrogens (tertiary/aromatic N) is 2. The lowest BCUT2D eigenvalue weighted by atomic mass is 10.2. The van der Waals surface area contributed by atoms with E-state index in [0.717, 1.165) is 21.2 Å². The molecule has 0 saturated heterocycles. The van der Waals surface area contributed by atoms with Gasteiger partial charge in [-0.05, 0) is 48.5 Å². The Labute approximate surface area is 172 Å². The Balaban J connectivity index is 1.51. The lowest BCUT2D eigenvalue weighted by Crippen LogP contribution is -2.17. The van der Waals surface area contributed by atoms with Gasteiger partial charge in [0.05, 0.1) is 12.8 Å². The highest BCUT2D eigenvalue weighted by Crippen LogP contribution is 2.21.